The third-order valence-corrected chi connectivity index (χ3v) is 2.11. The Labute approximate surface area is 83.3 Å². The third kappa shape index (κ3) is 2.04. The first-order valence-electron chi connectivity index (χ1n) is 4.01. The number of halogens is 4. The van der Waals surface area contributed by atoms with E-state index in [0.29, 0.717) is 6.92 Å². The van der Waals surface area contributed by atoms with Crippen molar-refractivity contribution in [2.45, 2.75) is 18.7 Å². The van der Waals surface area contributed by atoms with E-state index in [9.17, 15) is 22.7 Å². The molecule has 0 bridgehead atoms. The lowest BCUT2D eigenvalue weighted by Gasteiger charge is -2.26. The van der Waals surface area contributed by atoms with Crippen molar-refractivity contribution in [3.05, 3.63) is 29.6 Å². The average molecular weight is 223 g/mol. The largest absolute Gasteiger partial charge is 0.421 e. The van der Waals surface area contributed by atoms with Gasteiger partial charge >= 0.3 is 6.18 Å². The van der Waals surface area contributed by atoms with Gasteiger partial charge in [-0.05, 0) is 24.6 Å². The molecule has 0 amide bonds. The molecule has 0 aliphatic heterocycles. The molecule has 0 fully saturated rings. The standard InChI is InChI=1S/C9H9F4NO/c1-8(15,9(11,12)13)5-2-3-6(10)7(14)4-5/h2-4,15H,14H2,1H3. The predicted molar refractivity (Wildman–Crippen MR) is 46.4 cm³/mol. The maximum absolute atomic E-state index is 12.7. The number of alkyl halides is 3. The van der Waals surface area contributed by atoms with Crippen LogP contribution in [0.25, 0.3) is 0 Å². The van der Waals surface area contributed by atoms with Crippen molar-refractivity contribution in [1.82, 2.24) is 0 Å². The molecule has 3 N–H and O–H groups in total. The van der Waals surface area contributed by atoms with E-state index < -0.39 is 28.8 Å². The lowest BCUT2D eigenvalue weighted by molar-refractivity contribution is -0.258. The highest BCUT2D eigenvalue weighted by molar-refractivity contribution is 5.44. The lowest BCUT2D eigenvalue weighted by Crippen LogP contribution is -2.39. The summed E-state index contributed by atoms with van der Waals surface area (Å²) in [4.78, 5) is 0. The van der Waals surface area contributed by atoms with Crippen molar-refractivity contribution in [2.24, 2.45) is 0 Å². The smallest absolute Gasteiger partial charge is 0.396 e. The molecule has 1 aromatic carbocycles. The minimum absolute atomic E-state index is 0.433. The molecule has 1 atom stereocenters. The van der Waals surface area contributed by atoms with Crippen LogP contribution in [0.1, 0.15) is 12.5 Å². The van der Waals surface area contributed by atoms with Crippen molar-refractivity contribution in [2.75, 3.05) is 5.73 Å². The molecule has 0 saturated carbocycles. The van der Waals surface area contributed by atoms with Crippen LogP contribution in [-0.4, -0.2) is 11.3 Å². The fraction of sp³-hybridized carbons (Fsp3) is 0.333. The van der Waals surface area contributed by atoms with Gasteiger partial charge in [0.05, 0.1) is 5.69 Å². The molecule has 0 aliphatic rings. The summed E-state index contributed by atoms with van der Waals surface area (Å²) in [6.45, 7) is 0.583. The molecule has 0 aromatic heterocycles. The van der Waals surface area contributed by atoms with Gasteiger partial charge in [0.2, 0.25) is 0 Å². The van der Waals surface area contributed by atoms with Crippen LogP contribution in [0.15, 0.2) is 18.2 Å². The van der Waals surface area contributed by atoms with E-state index in [1.54, 1.807) is 0 Å². The van der Waals surface area contributed by atoms with E-state index in [4.69, 9.17) is 5.73 Å². The molecule has 1 rings (SSSR count). The minimum Gasteiger partial charge on any atom is -0.396 e. The van der Waals surface area contributed by atoms with Crippen LogP contribution in [0.5, 0.6) is 0 Å². The van der Waals surface area contributed by atoms with Gasteiger partial charge < -0.3 is 10.8 Å². The first kappa shape index (κ1) is 11.8. The Balaban J connectivity index is 3.22. The minimum atomic E-state index is -4.84. The molecule has 0 aliphatic carbocycles. The second-order valence-electron chi connectivity index (χ2n) is 3.31. The van der Waals surface area contributed by atoms with E-state index in [2.05, 4.69) is 0 Å². The van der Waals surface area contributed by atoms with Gasteiger partial charge in [-0.1, -0.05) is 6.07 Å². The Kier molecular flexibility index (Phi) is 2.65. The highest BCUT2D eigenvalue weighted by atomic mass is 19.4. The molecule has 0 heterocycles. The van der Waals surface area contributed by atoms with E-state index in [1.807, 2.05) is 0 Å². The zero-order valence-electron chi connectivity index (χ0n) is 7.77. The van der Waals surface area contributed by atoms with Crippen molar-refractivity contribution in [1.29, 1.82) is 0 Å². The van der Waals surface area contributed by atoms with Crippen LogP contribution >= 0.6 is 0 Å². The van der Waals surface area contributed by atoms with Gasteiger partial charge in [-0.25, -0.2) is 4.39 Å². The Bertz CT molecular complexity index is 373. The Morgan fingerprint density at radius 1 is 1.27 bits per heavy atom. The number of hydrogen-bond donors (Lipinski definition) is 2. The van der Waals surface area contributed by atoms with Crippen LogP contribution < -0.4 is 5.73 Å². The number of rotatable bonds is 1. The monoisotopic (exact) mass is 223 g/mol. The zero-order chi connectivity index (χ0) is 11.9. The van der Waals surface area contributed by atoms with Crippen molar-refractivity contribution in [3.8, 4) is 0 Å². The van der Waals surface area contributed by atoms with E-state index in [0.717, 1.165) is 18.2 Å². The second-order valence-corrected chi connectivity index (χ2v) is 3.31. The summed E-state index contributed by atoms with van der Waals surface area (Å²) < 4.78 is 49.8. The van der Waals surface area contributed by atoms with Crippen LogP contribution in [0.4, 0.5) is 23.2 Å². The van der Waals surface area contributed by atoms with Crippen molar-refractivity contribution >= 4 is 5.69 Å². The van der Waals surface area contributed by atoms with Gasteiger partial charge in [0, 0.05) is 0 Å². The quantitative estimate of drug-likeness (QED) is 0.566. The summed E-state index contributed by atoms with van der Waals surface area (Å²) in [6, 6.07) is 2.40. The summed E-state index contributed by atoms with van der Waals surface area (Å²) in [6.07, 6.45) is -4.84. The van der Waals surface area contributed by atoms with Crippen molar-refractivity contribution in [3.63, 3.8) is 0 Å². The maximum atomic E-state index is 12.7. The fourth-order valence-corrected chi connectivity index (χ4v) is 1.01. The summed E-state index contributed by atoms with van der Waals surface area (Å²) in [7, 11) is 0. The SMILES string of the molecule is CC(O)(c1ccc(F)c(N)c1)C(F)(F)F. The predicted octanol–water partition coefficient (Wildman–Crippen LogP) is 2.18. The Morgan fingerprint density at radius 2 is 1.80 bits per heavy atom. The molecule has 0 saturated heterocycles. The number of benzene rings is 1. The van der Waals surface area contributed by atoms with E-state index >= 15 is 0 Å². The molecular formula is C9H9F4NO. The molecule has 1 unspecified atom stereocenters. The Morgan fingerprint density at radius 3 is 2.20 bits per heavy atom. The topological polar surface area (TPSA) is 46.2 Å². The number of nitrogen functional groups attached to an aromatic ring is 1. The highest BCUT2D eigenvalue weighted by Gasteiger charge is 2.51. The molecule has 84 valence electrons. The number of anilines is 1. The summed E-state index contributed by atoms with van der Waals surface area (Å²) in [5.74, 6) is -0.822. The van der Waals surface area contributed by atoms with Gasteiger partial charge in [-0.3, -0.25) is 0 Å². The summed E-state index contributed by atoms with van der Waals surface area (Å²) in [5.41, 5.74) is 1.15. The van der Waals surface area contributed by atoms with Crippen molar-refractivity contribution < 1.29 is 22.7 Å². The summed E-state index contributed by atoms with van der Waals surface area (Å²) in [5, 5.41) is 9.23. The van der Waals surface area contributed by atoms with Gasteiger partial charge in [0.15, 0.2) is 5.60 Å². The highest BCUT2D eigenvalue weighted by Crippen LogP contribution is 2.39. The second kappa shape index (κ2) is 3.37. The van der Waals surface area contributed by atoms with E-state index in [-0.39, 0.29) is 0 Å². The van der Waals surface area contributed by atoms with Crippen LogP contribution in [0.2, 0.25) is 0 Å². The van der Waals surface area contributed by atoms with Gasteiger partial charge in [-0.15, -0.1) is 0 Å². The zero-order valence-corrected chi connectivity index (χ0v) is 7.77. The molecule has 0 radical (unpaired) electrons. The molecular weight excluding hydrogens is 214 g/mol. The van der Waals surface area contributed by atoms with Gasteiger partial charge in [-0.2, -0.15) is 13.2 Å². The maximum Gasteiger partial charge on any atom is 0.421 e. The van der Waals surface area contributed by atoms with Crippen LogP contribution in [0.3, 0.4) is 0 Å². The lowest BCUT2D eigenvalue weighted by atomic mass is 9.95. The first-order chi connectivity index (χ1) is 6.66. The molecule has 15 heavy (non-hydrogen) atoms. The van der Waals surface area contributed by atoms with Crippen LogP contribution in [0, 0.1) is 5.82 Å². The molecule has 2 nitrogen and oxygen atoms in total. The van der Waals surface area contributed by atoms with Gasteiger partial charge in [0.1, 0.15) is 5.82 Å². The normalized spacial score (nSPS) is 16.1. The average Bonchev–Trinajstić information content (AvgIpc) is 2.07. The van der Waals surface area contributed by atoms with Crippen LogP contribution in [-0.2, 0) is 5.60 Å². The number of nitrogens with two attached hydrogens (primary N) is 1. The molecule has 1 aromatic rings. The number of hydrogen-bond acceptors (Lipinski definition) is 2. The fourth-order valence-electron chi connectivity index (χ4n) is 1.01. The summed E-state index contributed by atoms with van der Waals surface area (Å²) >= 11 is 0. The van der Waals surface area contributed by atoms with E-state index in [1.165, 1.54) is 0 Å². The molecule has 0 spiro atoms. The molecule has 6 heteroatoms. The Hall–Kier alpha value is -1.30. The third-order valence-electron chi connectivity index (χ3n) is 2.11. The van der Waals surface area contributed by atoms with Gasteiger partial charge in [0.25, 0.3) is 0 Å². The number of aliphatic hydroxyl groups is 1. The first-order valence-corrected chi connectivity index (χ1v) is 4.01.